The number of benzene rings is 3. The van der Waals surface area contributed by atoms with Crippen LogP contribution in [0.15, 0.2) is 60.7 Å². The lowest BCUT2D eigenvalue weighted by Crippen LogP contribution is -2.38. The summed E-state index contributed by atoms with van der Waals surface area (Å²) in [7, 11) is 1.64. The van der Waals surface area contributed by atoms with Gasteiger partial charge in [-0.15, -0.1) is 0 Å². The third-order valence-corrected chi connectivity index (χ3v) is 9.05. The molecule has 3 aromatic carbocycles. The predicted molar refractivity (Wildman–Crippen MR) is 172 cm³/mol. The monoisotopic (exact) mass is 663 g/mol. The van der Waals surface area contributed by atoms with Gasteiger partial charge in [0.1, 0.15) is 5.82 Å². The predicted octanol–water partition coefficient (Wildman–Crippen LogP) is 6.86. The Morgan fingerprint density at radius 2 is 1.63 bits per heavy atom. The number of carbonyl (C=O) groups excluding carboxylic acids is 2. The van der Waals surface area contributed by atoms with Gasteiger partial charge in [0.15, 0.2) is 0 Å². The van der Waals surface area contributed by atoms with Gasteiger partial charge in [-0.05, 0) is 115 Å². The van der Waals surface area contributed by atoms with E-state index in [2.05, 4.69) is 50.7 Å². The quantitative estimate of drug-likeness (QED) is 0.164. The largest absolute Gasteiger partial charge is 0.384 e. The van der Waals surface area contributed by atoms with E-state index in [9.17, 15) is 14.0 Å². The van der Waals surface area contributed by atoms with E-state index in [4.69, 9.17) is 0 Å². The number of hydrogen-bond acceptors (Lipinski definition) is 3. The van der Waals surface area contributed by atoms with E-state index in [1.165, 1.54) is 37.8 Å². The molecule has 7 heteroatoms. The van der Waals surface area contributed by atoms with E-state index in [0.29, 0.717) is 35.4 Å². The molecule has 3 aliphatic carbocycles. The van der Waals surface area contributed by atoms with Gasteiger partial charge in [-0.1, -0.05) is 46.9 Å². The molecular formula is C34H35FIN3O2. The number of nitrogens with one attached hydrogen (secondary N) is 3. The zero-order valence-electron chi connectivity index (χ0n) is 23.2. The highest BCUT2D eigenvalue weighted by Crippen LogP contribution is 2.45. The van der Waals surface area contributed by atoms with Gasteiger partial charge in [0.25, 0.3) is 11.8 Å². The lowest BCUT2D eigenvalue weighted by molar-refractivity contribution is -0.115. The number of alkyl halides is 1. The number of hydrogen-bond donors (Lipinski definition) is 3. The van der Waals surface area contributed by atoms with Crippen molar-refractivity contribution >= 4 is 51.2 Å². The Bertz CT molecular complexity index is 1500. The van der Waals surface area contributed by atoms with Gasteiger partial charge >= 0.3 is 0 Å². The summed E-state index contributed by atoms with van der Waals surface area (Å²) >= 11 is 2.36. The summed E-state index contributed by atoms with van der Waals surface area (Å²) in [6.45, 7) is 0.802. The van der Waals surface area contributed by atoms with E-state index < -0.39 is 0 Å². The van der Waals surface area contributed by atoms with E-state index >= 15 is 0 Å². The van der Waals surface area contributed by atoms with Gasteiger partial charge in [0.2, 0.25) is 0 Å². The van der Waals surface area contributed by atoms with Crippen LogP contribution in [0, 0.1) is 17.7 Å². The summed E-state index contributed by atoms with van der Waals surface area (Å²) in [5.41, 5.74) is 7.88. The fraction of sp³-hybridized carbons (Fsp3) is 0.353. The molecule has 0 unspecified atom stereocenters. The molecule has 41 heavy (non-hydrogen) atoms. The van der Waals surface area contributed by atoms with Crippen molar-refractivity contribution < 1.29 is 14.0 Å². The minimum Gasteiger partial charge on any atom is -0.384 e. The van der Waals surface area contributed by atoms with E-state index in [1.807, 2.05) is 24.3 Å². The molecule has 0 saturated heterocycles. The molecule has 0 spiro atoms. The van der Waals surface area contributed by atoms with Crippen molar-refractivity contribution in [1.82, 2.24) is 10.6 Å². The van der Waals surface area contributed by atoms with Gasteiger partial charge in [-0.2, -0.15) is 0 Å². The van der Waals surface area contributed by atoms with Crippen LogP contribution < -0.4 is 16.0 Å². The van der Waals surface area contributed by atoms with Crippen molar-refractivity contribution in [3.05, 3.63) is 88.7 Å². The minimum atomic E-state index is -0.301. The maximum absolute atomic E-state index is 13.7. The molecule has 2 amide bonds. The molecule has 0 atom stereocenters. The molecule has 5 nitrogen and oxygen atoms in total. The van der Waals surface area contributed by atoms with Crippen molar-refractivity contribution in [2.24, 2.45) is 11.8 Å². The maximum Gasteiger partial charge on any atom is 0.251 e. The van der Waals surface area contributed by atoms with Crippen LogP contribution in [0.2, 0.25) is 0 Å². The van der Waals surface area contributed by atoms with Crippen molar-refractivity contribution in [3.63, 3.8) is 0 Å². The Balaban J connectivity index is 1.42. The Morgan fingerprint density at radius 1 is 0.902 bits per heavy atom. The van der Waals surface area contributed by atoms with Crippen molar-refractivity contribution in [3.8, 4) is 11.1 Å². The number of amides is 2. The Kier molecular flexibility index (Phi) is 8.15. The first kappa shape index (κ1) is 27.9. The van der Waals surface area contributed by atoms with Crippen LogP contribution in [-0.2, 0) is 11.2 Å². The SMILES string of the molecule is CNC(=O)C1=C(c2ccc(F)cc2)CCc2cc(NCCI)c(-c3cccc(C(=O)NC(C4CC4)C4CC4)c3)cc21. The van der Waals surface area contributed by atoms with Crippen LogP contribution in [-0.4, -0.2) is 35.9 Å². The number of allylic oxidation sites excluding steroid dienone is 1. The van der Waals surface area contributed by atoms with Gasteiger partial charge in [-0.3, -0.25) is 9.59 Å². The lowest BCUT2D eigenvalue weighted by atomic mass is 9.80. The van der Waals surface area contributed by atoms with E-state index in [0.717, 1.165) is 56.5 Å². The molecule has 3 aliphatic rings. The summed E-state index contributed by atoms with van der Waals surface area (Å²) < 4.78 is 14.7. The van der Waals surface area contributed by atoms with Gasteiger partial charge in [-0.25, -0.2) is 4.39 Å². The average Bonchev–Trinajstić information content (AvgIpc) is 3.92. The molecule has 0 aliphatic heterocycles. The number of rotatable bonds is 10. The van der Waals surface area contributed by atoms with Crippen LogP contribution >= 0.6 is 22.6 Å². The molecule has 6 rings (SSSR count). The number of aryl methyl sites for hydroxylation is 1. The fourth-order valence-electron chi connectivity index (χ4n) is 6.12. The standard InChI is InChI=1S/C34H35FIN3O2/c1-37-34(41)31-27(20-9-12-26(35)13-10-20)14-11-24-18-30(38-16-15-36)28(19-29(24)31)23-3-2-4-25(17-23)33(40)39-32(21-5-6-21)22-7-8-22/h2-4,9-10,12-13,17-19,21-22,32,38H,5-8,11,14-16H2,1H3,(H,37,41)(H,39,40). The zero-order chi connectivity index (χ0) is 28.5. The summed E-state index contributed by atoms with van der Waals surface area (Å²) in [6.07, 6.45) is 6.30. The second-order valence-electron chi connectivity index (χ2n) is 11.4. The highest BCUT2D eigenvalue weighted by Gasteiger charge is 2.42. The molecule has 2 saturated carbocycles. The third-order valence-electron chi connectivity index (χ3n) is 8.51. The van der Waals surface area contributed by atoms with Crippen LogP contribution in [0.5, 0.6) is 0 Å². The average molecular weight is 664 g/mol. The second-order valence-corrected chi connectivity index (χ2v) is 12.4. The zero-order valence-corrected chi connectivity index (χ0v) is 25.4. The van der Waals surface area contributed by atoms with Gasteiger partial charge in [0, 0.05) is 40.9 Å². The molecule has 0 heterocycles. The van der Waals surface area contributed by atoms with Crippen LogP contribution in [0.3, 0.4) is 0 Å². The first-order valence-electron chi connectivity index (χ1n) is 14.6. The Labute approximate surface area is 254 Å². The molecule has 3 aromatic rings. The second kappa shape index (κ2) is 12.0. The lowest BCUT2D eigenvalue weighted by Gasteiger charge is -2.26. The molecule has 212 valence electrons. The fourth-order valence-corrected chi connectivity index (χ4v) is 6.39. The molecule has 3 N–H and O–H groups in total. The summed E-state index contributed by atoms with van der Waals surface area (Å²) in [4.78, 5) is 26.7. The van der Waals surface area contributed by atoms with E-state index in [1.54, 1.807) is 19.2 Å². The van der Waals surface area contributed by atoms with Crippen LogP contribution in [0.1, 0.15) is 59.2 Å². The normalized spacial score (nSPS) is 16.4. The minimum absolute atomic E-state index is 0.0140. The smallest absolute Gasteiger partial charge is 0.251 e. The van der Waals surface area contributed by atoms with Crippen LogP contribution in [0.25, 0.3) is 22.3 Å². The summed E-state index contributed by atoms with van der Waals surface area (Å²) in [5, 5.41) is 9.75. The number of halogens is 2. The summed E-state index contributed by atoms with van der Waals surface area (Å²) in [6, 6.07) is 18.7. The number of carbonyl (C=O) groups is 2. The first-order valence-corrected chi connectivity index (χ1v) is 16.1. The van der Waals surface area contributed by atoms with Crippen LogP contribution in [0.4, 0.5) is 10.1 Å². The molecule has 2 fully saturated rings. The molecular weight excluding hydrogens is 628 g/mol. The van der Waals surface area contributed by atoms with E-state index in [-0.39, 0.29) is 17.6 Å². The Hall–Kier alpha value is -3.20. The topological polar surface area (TPSA) is 70.2 Å². The Morgan fingerprint density at radius 3 is 2.29 bits per heavy atom. The van der Waals surface area contributed by atoms with Crippen molar-refractivity contribution in [2.75, 3.05) is 23.3 Å². The molecule has 0 radical (unpaired) electrons. The molecule has 0 aromatic heterocycles. The van der Waals surface area contributed by atoms with Crippen molar-refractivity contribution in [2.45, 2.75) is 44.6 Å². The maximum atomic E-state index is 13.7. The molecule has 0 bridgehead atoms. The van der Waals surface area contributed by atoms with Crippen molar-refractivity contribution in [1.29, 1.82) is 0 Å². The number of likely N-dealkylation sites (N-methyl/N-ethyl adjacent to an activating group) is 1. The highest BCUT2D eigenvalue weighted by atomic mass is 127. The first-order chi connectivity index (χ1) is 20.0. The number of anilines is 1. The third kappa shape index (κ3) is 6.05. The van der Waals surface area contributed by atoms with Gasteiger partial charge < -0.3 is 16.0 Å². The summed E-state index contributed by atoms with van der Waals surface area (Å²) in [5.74, 6) is 0.780. The van der Waals surface area contributed by atoms with Gasteiger partial charge in [0.05, 0.1) is 5.57 Å². The highest BCUT2D eigenvalue weighted by molar-refractivity contribution is 14.1. The number of fused-ring (bicyclic) bond motifs is 1.